The number of pyridine rings is 4. The number of nitrogens with one attached hydrogen (secondary N) is 1. The van der Waals surface area contributed by atoms with Crippen molar-refractivity contribution in [2.45, 2.75) is 60.7 Å². The second-order valence-corrected chi connectivity index (χ2v) is 29.9. The van der Waals surface area contributed by atoms with Crippen LogP contribution in [0.3, 0.4) is 0 Å². The summed E-state index contributed by atoms with van der Waals surface area (Å²) in [4.78, 5) is 92.1. The van der Waals surface area contributed by atoms with Crippen molar-refractivity contribution in [3.63, 3.8) is 0 Å². The third-order valence-corrected chi connectivity index (χ3v) is 16.8. The van der Waals surface area contributed by atoms with Crippen molar-refractivity contribution < 1.29 is 42.1 Å². The molecule has 0 spiro atoms. The van der Waals surface area contributed by atoms with Crippen LogP contribution in [0.2, 0.25) is 19.6 Å². The number of aromatic nitrogens is 4. The number of para-hydroxylation sites is 6. The average molecular weight is 1570 g/mol. The summed E-state index contributed by atoms with van der Waals surface area (Å²) in [7, 11) is -1.46. The Kier molecular flexibility index (Phi) is 30.6. The highest BCUT2D eigenvalue weighted by atomic mass is 127. The van der Waals surface area contributed by atoms with Gasteiger partial charge >= 0.3 is 0 Å². The highest BCUT2D eigenvalue weighted by Crippen LogP contribution is 2.30. The van der Waals surface area contributed by atoms with Crippen molar-refractivity contribution in [1.82, 2.24) is 18.7 Å². The first-order chi connectivity index (χ1) is 50.3. The Morgan fingerprint density at radius 3 is 1.20 bits per heavy atom. The van der Waals surface area contributed by atoms with Crippen LogP contribution in [-0.4, -0.2) is 60.5 Å². The minimum Gasteiger partial charge on any atom is -0.397 e. The van der Waals surface area contributed by atoms with Crippen LogP contribution in [0.25, 0.3) is 61.6 Å². The van der Waals surface area contributed by atoms with Crippen LogP contribution in [0.15, 0.2) is 267 Å². The number of nitro benzene ring substituents is 2. The van der Waals surface area contributed by atoms with Crippen molar-refractivity contribution in [3.8, 4) is 61.6 Å². The number of nitro groups is 2. The van der Waals surface area contributed by atoms with E-state index in [9.17, 15) is 66.6 Å². The molecule has 0 aliphatic rings. The molecule has 4 aromatic heterocycles. The number of hydrogen-bond acceptors (Lipinski definition) is 13. The third-order valence-electron chi connectivity index (χ3n) is 15.1. The lowest BCUT2D eigenvalue weighted by molar-refractivity contribution is -0.385. The van der Waals surface area contributed by atoms with Crippen LogP contribution in [0.5, 0.6) is 0 Å². The van der Waals surface area contributed by atoms with Gasteiger partial charge in [-0.05, 0) is 206 Å². The summed E-state index contributed by atoms with van der Waals surface area (Å²) < 4.78 is 60.6. The second-order valence-electron chi connectivity index (χ2n) is 24.1. The summed E-state index contributed by atoms with van der Waals surface area (Å²) in [5.41, 5.74) is 22.8. The van der Waals surface area contributed by atoms with E-state index in [1.807, 2.05) is 75.1 Å². The molecule has 0 bridgehead atoms. The fraction of sp³-hybridized carbons (Fsp3) is 0.125. The topological polar surface area (TPSA) is 304 Å². The van der Waals surface area contributed by atoms with Gasteiger partial charge in [-0.2, -0.15) is 0 Å². The molecular formula is C80H74F4IN9O11Si. The number of anilines is 1. The molecule has 0 aliphatic carbocycles. The highest BCUT2D eigenvalue weighted by molar-refractivity contribution is 14.1. The van der Waals surface area contributed by atoms with Gasteiger partial charge in [0, 0.05) is 90.0 Å². The Labute approximate surface area is 621 Å². The first-order valence-corrected chi connectivity index (χ1v) is 36.8. The summed E-state index contributed by atoms with van der Waals surface area (Å²) in [6.07, 6.45) is 8.24. The van der Waals surface area contributed by atoms with Gasteiger partial charge in [0.1, 0.15) is 29.0 Å². The monoisotopic (exact) mass is 1570 g/mol. The minimum atomic E-state index is -1.46. The number of aliphatic hydroxyl groups excluding tert-OH is 1. The summed E-state index contributed by atoms with van der Waals surface area (Å²) in [5.74, 6) is -1.70. The molecule has 106 heavy (non-hydrogen) atoms. The molecule has 0 atom stereocenters. The summed E-state index contributed by atoms with van der Waals surface area (Å²) in [6.45, 7) is 15.2. The average Bonchev–Trinajstić information content (AvgIpc) is 0.802. The zero-order valence-corrected chi connectivity index (χ0v) is 61.9. The van der Waals surface area contributed by atoms with Gasteiger partial charge in [-0.3, -0.25) is 57.9 Å². The van der Waals surface area contributed by atoms with Gasteiger partial charge in [0.25, 0.3) is 28.1 Å². The Bertz CT molecular complexity index is 5360. The number of amides is 1. The number of isocyanates is 1. The van der Waals surface area contributed by atoms with E-state index in [-0.39, 0.29) is 80.5 Å². The van der Waals surface area contributed by atoms with Crippen LogP contribution in [0, 0.1) is 74.8 Å². The predicted octanol–water partition coefficient (Wildman–Crippen LogP) is 16.2. The van der Waals surface area contributed by atoms with Crippen LogP contribution in [-0.2, 0) is 16.0 Å². The van der Waals surface area contributed by atoms with Gasteiger partial charge in [-0.15, -0.1) is 0 Å². The predicted molar refractivity (Wildman–Crippen MR) is 418 cm³/mol. The zero-order valence-electron chi connectivity index (χ0n) is 58.8. The number of aromatic amines is 1. The SMILES string of the molecule is CCO.C[Si](C)(C)N=C=O.Cc1cc(=O)[nH]cc1-c1ccc(F)cc1.Cc1cc(=O)n(-c2ccccc2CC(N)=O)cc1-c1ccc(F)cc1.Cc1cc(=O)n(-c2ccccc2N)cc1-c1ccc(F)cc1.Cc1cc(=O)n(-c2ccccc2[N+](=O)[O-])cc1-c1ccc(F)cc1.O=[N+]([O-])c1ccccc1I. The van der Waals surface area contributed by atoms with Gasteiger partial charge in [-0.1, -0.05) is 103 Å². The standard InChI is InChI=1S/C20H17FN2O2.C18H13FN2O3.C18H15FN2O.C12H10FNO.C6H4INO2.C4H9NOSi.C2H6O/c1-13-10-20(25)23(12-17(13)14-6-8-16(21)9-7-14)18-5-3-2-4-15(18)11-19(22)24;1-12-10-18(22)20(16-4-2-3-5-17(16)21(23)24)11-15(12)13-6-8-14(19)9-7-13;1-12-10-18(22)21(17-5-3-2-4-16(17)20)11-15(12)13-6-8-14(19)9-7-13;1-8-6-12(15)14-7-11(8)9-2-4-10(13)5-3-9;7-5-3-1-2-4-6(5)8(9)10;1-7(2,3)5-4-6;1-2-3/h2-10,12H,11H2,1H3,(H2,22,24);2-11H,1H3;2-11H,20H2,1H3;2-7H,1H3,(H,14,15);1-4H;1-3H3;3H,2H2,1H3. The van der Waals surface area contributed by atoms with Crippen LogP contribution in [0.4, 0.5) is 34.6 Å². The molecule has 4 heterocycles. The molecule has 1 amide bonds. The van der Waals surface area contributed by atoms with Crippen molar-refractivity contribution in [3.05, 3.63) is 359 Å². The zero-order chi connectivity index (χ0) is 77.9. The number of carbonyl (C=O) groups excluding carboxylic acids is 2. The fourth-order valence-corrected chi connectivity index (χ4v) is 11.0. The third kappa shape index (κ3) is 24.1. The maximum absolute atomic E-state index is 13.2. The van der Waals surface area contributed by atoms with Gasteiger partial charge in [0.05, 0.1) is 36.9 Å². The van der Waals surface area contributed by atoms with Gasteiger partial charge in [0.15, 0.2) is 8.24 Å². The van der Waals surface area contributed by atoms with E-state index in [1.165, 1.54) is 98.6 Å². The molecule has 544 valence electrons. The Balaban J connectivity index is 0.000000206. The van der Waals surface area contributed by atoms with Crippen molar-refractivity contribution in [1.29, 1.82) is 0 Å². The Morgan fingerprint density at radius 1 is 0.519 bits per heavy atom. The van der Waals surface area contributed by atoms with Crippen LogP contribution >= 0.6 is 22.6 Å². The van der Waals surface area contributed by atoms with Crippen molar-refractivity contribution in [2.24, 2.45) is 10.4 Å². The normalized spacial score (nSPS) is 10.3. The minimum absolute atomic E-state index is 0.0440. The molecule has 26 heteroatoms. The van der Waals surface area contributed by atoms with Gasteiger partial charge < -0.3 is 21.6 Å². The molecule has 0 saturated carbocycles. The van der Waals surface area contributed by atoms with Crippen LogP contribution in [0.1, 0.15) is 34.7 Å². The number of rotatable bonds is 12. The van der Waals surface area contributed by atoms with Crippen molar-refractivity contribution in [2.75, 3.05) is 12.3 Å². The van der Waals surface area contributed by atoms with E-state index in [0.717, 1.165) is 55.6 Å². The molecule has 0 unspecified atom stereocenters. The lowest BCUT2D eigenvalue weighted by atomic mass is 10.0. The smallest absolute Gasteiger partial charge is 0.293 e. The number of H-pyrrole nitrogens is 1. The fourth-order valence-electron chi connectivity index (χ4n) is 10.1. The highest BCUT2D eigenvalue weighted by Gasteiger charge is 2.19. The van der Waals surface area contributed by atoms with E-state index in [0.29, 0.717) is 37.3 Å². The Morgan fingerprint density at radius 2 is 0.849 bits per heavy atom. The summed E-state index contributed by atoms with van der Waals surface area (Å²) >= 11 is 1.93. The van der Waals surface area contributed by atoms with E-state index >= 15 is 0 Å². The number of benzene rings is 8. The number of halogens is 5. The van der Waals surface area contributed by atoms with E-state index in [1.54, 1.807) is 166 Å². The molecule has 0 aliphatic heterocycles. The van der Waals surface area contributed by atoms with E-state index in [2.05, 4.69) is 9.64 Å². The van der Waals surface area contributed by atoms with Crippen LogP contribution < -0.4 is 33.7 Å². The molecule has 12 aromatic rings. The number of carbonyl (C=O) groups is 1. The molecule has 12 rings (SSSR count). The maximum Gasteiger partial charge on any atom is 0.293 e. The molecule has 6 N–H and O–H groups in total. The molecule has 0 radical (unpaired) electrons. The van der Waals surface area contributed by atoms with Gasteiger partial charge in [0.2, 0.25) is 17.5 Å². The molecule has 0 saturated heterocycles. The molecular weight excluding hydrogens is 1490 g/mol. The number of primary amides is 1. The molecule has 0 fully saturated rings. The van der Waals surface area contributed by atoms with Crippen molar-refractivity contribution >= 4 is 59.9 Å². The first-order valence-electron chi connectivity index (χ1n) is 32.3. The largest absolute Gasteiger partial charge is 0.397 e. The maximum atomic E-state index is 13.2. The second kappa shape index (κ2) is 39.3. The number of nitrogen functional groups attached to an aromatic ring is 1. The van der Waals surface area contributed by atoms with E-state index in [4.69, 9.17) is 16.6 Å². The Hall–Kier alpha value is -12.4. The van der Waals surface area contributed by atoms with Gasteiger partial charge in [-0.25, -0.2) is 27.0 Å². The number of nitrogens with two attached hydrogens (primary N) is 2. The number of hydrogen-bond donors (Lipinski definition) is 4. The summed E-state index contributed by atoms with van der Waals surface area (Å²) in [6, 6.07) is 57.3. The molecule has 20 nitrogen and oxygen atoms in total. The van der Waals surface area contributed by atoms with E-state index < -0.39 is 19.1 Å². The molecule has 8 aromatic carbocycles. The summed E-state index contributed by atoms with van der Waals surface area (Å²) in [5, 5.41) is 29.0. The lowest BCUT2D eigenvalue weighted by Crippen LogP contribution is -2.21. The number of nitrogens with zero attached hydrogens (tertiary/aromatic N) is 6. The number of aliphatic hydroxyl groups is 1. The lowest BCUT2D eigenvalue weighted by Gasteiger charge is -2.14. The first kappa shape index (κ1) is 82.6. The number of aryl methyl sites for hydroxylation is 4. The quantitative estimate of drug-likeness (QED) is 0.0130.